The first-order valence-electron chi connectivity index (χ1n) is 9.55. The first kappa shape index (κ1) is 21.6. The standard InChI is InChI=1S/C19H35NO6/c1-10(2)14-8-16(23-7)19(12(4)24-14)26-17-9-15(22-6)18(11(3)25-17)20-13(5)21/h10-12,14-19H,8-9H2,1-7H3,(H,20,21)/t11-,12-,14+,15-,16-,17-,18+,19-/m0/s1. The molecular formula is C19H35NO6. The molecule has 0 aromatic heterocycles. The summed E-state index contributed by atoms with van der Waals surface area (Å²) in [7, 11) is 3.36. The van der Waals surface area contributed by atoms with E-state index in [0.29, 0.717) is 12.3 Å². The van der Waals surface area contributed by atoms with E-state index in [-0.39, 0.29) is 48.6 Å². The fourth-order valence-electron chi connectivity index (χ4n) is 3.90. The van der Waals surface area contributed by atoms with Crippen molar-refractivity contribution in [3.8, 4) is 0 Å². The van der Waals surface area contributed by atoms with Gasteiger partial charge in [-0.1, -0.05) is 13.8 Å². The molecular weight excluding hydrogens is 338 g/mol. The number of carbonyl (C=O) groups is 1. The summed E-state index contributed by atoms with van der Waals surface area (Å²) in [6, 6.07) is -0.194. The number of hydrogen-bond acceptors (Lipinski definition) is 6. The summed E-state index contributed by atoms with van der Waals surface area (Å²) in [5, 5.41) is 2.91. The second-order valence-electron chi connectivity index (χ2n) is 7.74. The number of carbonyl (C=O) groups excluding carboxylic acids is 1. The highest BCUT2D eigenvalue weighted by Crippen LogP contribution is 2.32. The largest absolute Gasteiger partial charge is 0.379 e. The Kier molecular flexibility index (Phi) is 7.85. The van der Waals surface area contributed by atoms with E-state index in [1.165, 1.54) is 6.92 Å². The second kappa shape index (κ2) is 9.46. The molecule has 1 amide bonds. The smallest absolute Gasteiger partial charge is 0.217 e. The van der Waals surface area contributed by atoms with E-state index in [0.717, 1.165) is 6.42 Å². The van der Waals surface area contributed by atoms with Gasteiger partial charge in [-0.2, -0.15) is 0 Å². The normalized spacial score (nSPS) is 41.2. The van der Waals surface area contributed by atoms with E-state index >= 15 is 0 Å². The SMILES string of the molecule is CO[C@H]1C[C@H](O[C@H]2[C@H](C)O[C@@H](C(C)C)C[C@@H]2OC)O[C@@H](C)[C@H]1NC(C)=O. The highest BCUT2D eigenvalue weighted by atomic mass is 16.7. The van der Waals surface area contributed by atoms with Crippen LogP contribution in [0.15, 0.2) is 0 Å². The molecule has 7 heteroatoms. The predicted molar refractivity (Wildman–Crippen MR) is 96.8 cm³/mol. The van der Waals surface area contributed by atoms with Crippen LogP contribution < -0.4 is 5.32 Å². The van der Waals surface area contributed by atoms with Crippen molar-refractivity contribution in [2.24, 2.45) is 5.92 Å². The minimum absolute atomic E-state index is 0.0425. The Bertz CT molecular complexity index is 459. The number of hydrogen-bond donors (Lipinski definition) is 1. The molecule has 2 fully saturated rings. The summed E-state index contributed by atoms with van der Waals surface area (Å²) in [6.07, 6.45) is 0.354. The van der Waals surface area contributed by atoms with Gasteiger partial charge < -0.3 is 29.0 Å². The van der Waals surface area contributed by atoms with Gasteiger partial charge in [-0.15, -0.1) is 0 Å². The third-order valence-corrected chi connectivity index (χ3v) is 5.41. The molecule has 8 atom stereocenters. The van der Waals surface area contributed by atoms with E-state index < -0.39 is 6.29 Å². The Labute approximate surface area is 157 Å². The first-order valence-corrected chi connectivity index (χ1v) is 9.55. The van der Waals surface area contributed by atoms with Crippen LogP contribution in [0.25, 0.3) is 0 Å². The topological polar surface area (TPSA) is 75.2 Å². The molecule has 0 spiro atoms. The zero-order valence-corrected chi connectivity index (χ0v) is 17.1. The molecule has 0 aromatic rings. The lowest BCUT2D eigenvalue weighted by Crippen LogP contribution is -2.58. The molecule has 2 saturated heterocycles. The Morgan fingerprint density at radius 3 is 2.23 bits per heavy atom. The highest BCUT2D eigenvalue weighted by Gasteiger charge is 2.43. The van der Waals surface area contributed by atoms with Crippen molar-refractivity contribution in [2.45, 2.75) is 96.4 Å². The van der Waals surface area contributed by atoms with E-state index in [9.17, 15) is 4.79 Å². The molecule has 0 unspecified atom stereocenters. The number of amides is 1. The predicted octanol–water partition coefficient (Wildman–Crippen LogP) is 1.87. The molecule has 0 radical (unpaired) electrons. The molecule has 2 heterocycles. The molecule has 0 bridgehead atoms. The molecule has 152 valence electrons. The van der Waals surface area contributed by atoms with Gasteiger partial charge in [0.2, 0.25) is 5.91 Å². The number of rotatable bonds is 6. The molecule has 0 aliphatic carbocycles. The van der Waals surface area contributed by atoms with Crippen LogP contribution in [-0.4, -0.2) is 69.1 Å². The molecule has 0 aromatic carbocycles. The zero-order chi connectivity index (χ0) is 19.4. The van der Waals surface area contributed by atoms with Gasteiger partial charge in [-0.3, -0.25) is 4.79 Å². The second-order valence-corrected chi connectivity index (χ2v) is 7.74. The van der Waals surface area contributed by atoms with Crippen molar-refractivity contribution >= 4 is 5.91 Å². The lowest BCUT2D eigenvalue weighted by molar-refractivity contribution is -0.286. The summed E-state index contributed by atoms with van der Waals surface area (Å²) in [4.78, 5) is 11.4. The maximum absolute atomic E-state index is 11.4. The van der Waals surface area contributed by atoms with Crippen molar-refractivity contribution < 1.29 is 28.5 Å². The van der Waals surface area contributed by atoms with E-state index in [1.807, 2.05) is 13.8 Å². The Morgan fingerprint density at radius 2 is 1.69 bits per heavy atom. The van der Waals surface area contributed by atoms with Gasteiger partial charge in [-0.25, -0.2) is 0 Å². The van der Waals surface area contributed by atoms with Crippen molar-refractivity contribution in [3.05, 3.63) is 0 Å². The minimum Gasteiger partial charge on any atom is -0.379 e. The van der Waals surface area contributed by atoms with Crippen molar-refractivity contribution in [1.82, 2.24) is 5.32 Å². The summed E-state index contributed by atoms with van der Waals surface area (Å²) in [6.45, 7) is 9.75. The summed E-state index contributed by atoms with van der Waals surface area (Å²) in [5.41, 5.74) is 0. The summed E-state index contributed by atoms with van der Waals surface area (Å²) >= 11 is 0. The van der Waals surface area contributed by atoms with E-state index in [1.54, 1.807) is 14.2 Å². The van der Waals surface area contributed by atoms with Crippen LogP contribution in [0.5, 0.6) is 0 Å². The van der Waals surface area contributed by atoms with E-state index in [4.69, 9.17) is 23.7 Å². The fraction of sp³-hybridized carbons (Fsp3) is 0.947. The lowest BCUT2D eigenvalue weighted by Gasteiger charge is -2.45. The van der Waals surface area contributed by atoms with Crippen LogP contribution in [0, 0.1) is 5.92 Å². The van der Waals surface area contributed by atoms with Gasteiger partial charge in [-0.05, 0) is 19.8 Å². The number of nitrogens with one attached hydrogen (secondary N) is 1. The lowest BCUT2D eigenvalue weighted by atomic mass is 9.92. The highest BCUT2D eigenvalue weighted by molar-refractivity contribution is 5.73. The fourth-order valence-corrected chi connectivity index (χ4v) is 3.90. The quantitative estimate of drug-likeness (QED) is 0.766. The van der Waals surface area contributed by atoms with Gasteiger partial charge >= 0.3 is 0 Å². The Morgan fingerprint density at radius 1 is 1.04 bits per heavy atom. The summed E-state index contributed by atoms with van der Waals surface area (Å²) < 4.78 is 29.7. The number of ether oxygens (including phenoxy) is 5. The first-order chi connectivity index (χ1) is 12.3. The molecule has 7 nitrogen and oxygen atoms in total. The van der Waals surface area contributed by atoms with Gasteiger partial charge in [0, 0.05) is 34.0 Å². The number of methoxy groups -OCH3 is 2. The van der Waals surface area contributed by atoms with Gasteiger partial charge in [0.1, 0.15) is 6.10 Å². The maximum atomic E-state index is 11.4. The molecule has 0 saturated carbocycles. The van der Waals surface area contributed by atoms with Crippen molar-refractivity contribution in [3.63, 3.8) is 0 Å². The Balaban J connectivity index is 2.02. The van der Waals surface area contributed by atoms with Gasteiger partial charge in [0.05, 0.1) is 36.6 Å². The van der Waals surface area contributed by atoms with Crippen molar-refractivity contribution in [2.75, 3.05) is 14.2 Å². The Hall–Kier alpha value is -0.730. The summed E-state index contributed by atoms with van der Waals surface area (Å²) in [5.74, 6) is 0.332. The zero-order valence-electron chi connectivity index (χ0n) is 17.1. The molecule has 1 N–H and O–H groups in total. The van der Waals surface area contributed by atoms with E-state index in [2.05, 4.69) is 19.2 Å². The average Bonchev–Trinajstić information content (AvgIpc) is 2.57. The van der Waals surface area contributed by atoms with Crippen LogP contribution in [0.3, 0.4) is 0 Å². The van der Waals surface area contributed by atoms with Gasteiger partial charge in [0.15, 0.2) is 6.29 Å². The molecule has 2 aliphatic rings. The van der Waals surface area contributed by atoms with Crippen LogP contribution in [0.2, 0.25) is 0 Å². The average molecular weight is 373 g/mol. The van der Waals surface area contributed by atoms with Crippen LogP contribution >= 0.6 is 0 Å². The molecule has 2 rings (SSSR count). The van der Waals surface area contributed by atoms with Crippen LogP contribution in [0.1, 0.15) is 47.5 Å². The maximum Gasteiger partial charge on any atom is 0.217 e. The van der Waals surface area contributed by atoms with Gasteiger partial charge in [0.25, 0.3) is 0 Å². The van der Waals surface area contributed by atoms with Crippen LogP contribution in [-0.2, 0) is 28.5 Å². The monoisotopic (exact) mass is 373 g/mol. The third-order valence-electron chi connectivity index (χ3n) is 5.41. The molecule has 26 heavy (non-hydrogen) atoms. The minimum atomic E-state index is -0.427. The van der Waals surface area contributed by atoms with Crippen LogP contribution in [0.4, 0.5) is 0 Å². The third kappa shape index (κ3) is 5.16. The molecule has 2 aliphatic heterocycles. The van der Waals surface area contributed by atoms with Crippen molar-refractivity contribution in [1.29, 1.82) is 0 Å².